The fraction of sp³-hybridized carbons (Fsp3) is 0.400. The van der Waals surface area contributed by atoms with E-state index in [9.17, 15) is 14.7 Å². The predicted molar refractivity (Wildman–Crippen MR) is 112 cm³/mol. The minimum absolute atomic E-state index is 0.0199. The van der Waals surface area contributed by atoms with Gasteiger partial charge in [0.2, 0.25) is 5.91 Å². The third-order valence-electron chi connectivity index (χ3n) is 4.13. The van der Waals surface area contributed by atoms with Crippen LogP contribution >= 0.6 is 23.1 Å². The molecule has 146 valence electrons. The normalized spacial score (nSPS) is 13.0. The van der Waals surface area contributed by atoms with Gasteiger partial charge in [-0.3, -0.25) is 9.59 Å². The Kier molecular flexibility index (Phi) is 8.84. The van der Waals surface area contributed by atoms with Gasteiger partial charge in [-0.15, -0.1) is 11.3 Å². The van der Waals surface area contributed by atoms with E-state index in [2.05, 4.69) is 10.6 Å². The monoisotopic (exact) mass is 406 g/mol. The fourth-order valence-electron chi connectivity index (χ4n) is 2.71. The van der Waals surface area contributed by atoms with Gasteiger partial charge in [-0.2, -0.15) is 11.8 Å². The number of benzene rings is 1. The third-order valence-corrected chi connectivity index (χ3v) is 5.76. The second-order valence-electron chi connectivity index (χ2n) is 6.27. The first-order valence-corrected chi connectivity index (χ1v) is 11.1. The summed E-state index contributed by atoms with van der Waals surface area (Å²) in [5, 5.41) is 17.1. The zero-order valence-corrected chi connectivity index (χ0v) is 17.2. The lowest BCUT2D eigenvalue weighted by Crippen LogP contribution is -2.48. The van der Waals surface area contributed by atoms with Gasteiger partial charge < -0.3 is 15.7 Å². The summed E-state index contributed by atoms with van der Waals surface area (Å²) in [4.78, 5) is 26.4. The van der Waals surface area contributed by atoms with Crippen molar-refractivity contribution in [3.05, 3.63) is 57.8 Å². The number of nitrogens with one attached hydrogen (secondary N) is 2. The average molecular weight is 407 g/mol. The summed E-state index contributed by atoms with van der Waals surface area (Å²) in [5.41, 5.74) is 1.54. The van der Waals surface area contributed by atoms with Crippen molar-refractivity contribution in [2.24, 2.45) is 0 Å². The Hall–Kier alpha value is -1.83. The van der Waals surface area contributed by atoms with Crippen LogP contribution in [0.4, 0.5) is 0 Å². The predicted octanol–water partition coefficient (Wildman–Crippen LogP) is 3.15. The zero-order chi connectivity index (χ0) is 19.6. The number of rotatable bonds is 10. The van der Waals surface area contributed by atoms with E-state index in [1.54, 1.807) is 23.9 Å². The summed E-state index contributed by atoms with van der Waals surface area (Å²) in [7, 11) is 0. The molecule has 0 saturated heterocycles. The molecule has 2 amide bonds. The lowest BCUT2D eigenvalue weighted by molar-refractivity contribution is -0.123. The molecule has 0 aliphatic rings. The van der Waals surface area contributed by atoms with Gasteiger partial charge in [-0.25, -0.2) is 0 Å². The Bertz CT molecular complexity index is 735. The second-order valence-corrected chi connectivity index (χ2v) is 8.23. The van der Waals surface area contributed by atoms with Crippen molar-refractivity contribution in [2.45, 2.75) is 31.8 Å². The van der Waals surface area contributed by atoms with Gasteiger partial charge in [0.05, 0.1) is 6.04 Å². The summed E-state index contributed by atoms with van der Waals surface area (Å²) in [5.74, 6) is 0.280. The molecule has 3 N–H and O–H groups in total. The summed E-state index contributed by atoms with van der Waals surface area (Å²) in [6.07, 6.45) is 2.95. The number of aliphatic hydroxyl groups excluding tert-OH is 1. The van der Waals surface area contributed by atoms with E-state index in [4.69, 9.17) is 0 Å². The van der Waals surface area contributed by atoms with Crippen molar-refractivity contribution in [1.29, 1.82) is 0 Å². The van der Waals surface area contributed by atoms with E-state index in [0.717, 1.165) is 16.2 Å². The quantitative estimate of drug-likeness (QED) is 0.566. The van der Waals surface area contributed by atoms with Crippen molar-refractivity contribution < 1.29 is 14.7 Å². The number of carbonyl (C=O) groups excluding carboxylic acids is 2. The number of hydrogen-bond donors (Lipinski definition) is 3. The van der Waals surface area contributed by atoms with Crippen molar-refractivity contribution in [1.82, 2.24) is 10.6 Å². The Morgan fingerprint density at radius 1 is 1.19 bits per heavy atom. The van der Waals surface area contributed by atoms with Crippen LogP contribution in [0.1, 0.15) is 39.7 Å². The average Bonchev–Trinajstić information content (AvgIpc) is 3.19. The molecule has 0 unspecified atom stereocenters. The van der Waals surface area contributed by atoms with Crippen LogP contribution in [0.25, 0.3) is 0 Å². The van der Waals surface area contributed by atoms with Gasteiger partial charge >= 0.3 is 0 Å². The highest BCUT2D eigenvalue weighted by Crippen LogP contribution is 2.22. The van der Waals surface area contributed by atoms with E-state index in [0.29, 0.717) is 18.4 Å². The minimum atomic E-state index is -0.619. The molecule has 1 heterocycles. The molecule has 0 saturated carbocycles. The number of thiophene rings is 1. The molecule has 0 spiro atoms. The van der Waals surface area contributed by atoms with Gasteiger partial charge in [-0.1, -0.05) is 23.8 Å². The van der Waals surface area contributed by atoms with Crippen LogP contribution in [0.5, 0.6) is 0 Å². The molecule has 0 aliphatic carbocycles. The largest absolute Gasteiger partial charge is 0.396 e. The van der Waals surface area contributed by atoms with Crippen LogP contribution in [-0.4, -0.2) is 41.6 Å². The van der Waals surface area contributed by atoms with Gasteiger partial charge in [0.25, 0.3) is 5.91 Å². The van der Waals surface area contributed by atoms with E-state index in [1.807, 2.05) is 42.8 Å². The van der Waals surface area contributed by atoms with E-state index < -0.39 is 6.04 Å². The van der Waals surface area contributed by atoms with Crippen LogP contribution in [0.15, 0.2) is 41.8 Å². The van der Waals surface area contributed by atoms with Crippen molar-refractivity contribution >= 4 is 34.9 Å². The van der Waals surface area contributed by atoms with Gasteiger partial charge in [0, 0.05) is 17.0 Å². The van der Waals surface area contributed by atoms with Crippen LogP contribution < -0.4 is 10.6 Å². The first-order chi connectivity index (χ1) is 13.0. The highest BCUT2D eigenvalue weighted by Gasteiger charge is 2.24. The van der Waals surface area contributed by atoms with E-state index in [1.165, 1.54) is 11.3 Å². The minimum Gasteiger partial charge on any atom is -0.396 e. The molecule has 0 fully saturated rings. The topological polar surface area (TPSA) is 78.4 Å². The highest BCUT2D eigenvalue weighted by atomic mass is 32.2. The first-order valence-electron chi connectivity index (χ1n) is 8.86. The van der Waals surface area contributed by atoms with Crippen LogP contribution in [0, 0.1) is 6.92 Å². The Morgan fingerprint density at radius 2 is 2.00 bits per heavy atom. The maximum atomic E-state index is 12.9. The van der Waals surface area contributed by atoms with Crippen LogP contribution in [0.3, 0.4) is 0 Å². The Balaban J connectivity index is 2.09. The van der Waals surface area contributed by atoms with Crippen LogP contribution in [0.2, 0.25) is 0 Å². The number of amides is 2. The zero-order valence-electron chi connectivity index (χ0n) is 15.6. The van der Waals surface area contributed by atoms with Gasteiger partial charge in [0.15, 0.2) is 0 Å². The molecule has 5 nitrogen and oxygen atoms in total. The van der Waals surface area contributed by atoms with Gasteiger partial charge in [-0.05, 0) is 55.4 Å². The van der Waals surface area contributed by atoms with E-state index >= 15 is 0 Å². The summed E-state index contributed by atoms with van der Waals surface area (Å²) >= 11 is 3.17. The molecule has 1 aromatic carbocycles. The third kappa shape index (κ3) is 6.68. The number of thioether (sulfide) groups is 1. The Labute approximate surface area is 168 Å². The van der Waals surface area contributed by atoms with Crippen molar-refractivity contribution in [2.75, 3.05) is 18.6 Å². The molecule has 2 atom stereocenters. The van der Waals surface area contributed by atoms with Gasteiger partial charge in [0.1, 0.15) is 6.04 Å². The molecule has 7 heteroatoms. The molecule has 2 aromatic rings. The molecule has 2 rings (SSSR count). The second kappa shape index (κ2) is 11.1. The number of aliphatic hydroxyl groups is 1. The molecule has 27 heavy (non-hydrogen) atoms. The smallest absolute Gasteiger partial charge is 0.251 e. The lowest BCUT2D eigenvalue weighted by Gasteiger charge is -2.22. The fourth-order valence-corrected chi connectivity index (χ4v) is 3.99. The first kappa shape index (κ1) is 21.5. The molecule has 0 radical (unpaired) electrons. The molecular formula is C20H26N2O3S2. The molecular weight excluding hydrogens is 380 g/mol. The van der Waals surface area contributed by atoms with Crippen LogP contribution in [-0.2, 0) is 4.79 Å². The summed E-state index contributed by atoms with van der Waals surface area (Å²) in [6.45, 7) is 1.91. The number of aryl methyl sites for hydroxylation is 1. The Morgan fingerprint density at radius 3 is 2.63 bits per heavy atom. The van der Waals surface area contributed by atoms with E-state index in [-0.39, 0.29) is 24.5 Å². The maximum absolute atomic E-state index is 12.9. The number of hydrogen-bond acceptors (Lipinski definition) is 5. The standard InChI is InChI=1S/C20H26N2O3S2/c1-14-5-3-6-15(13-14)19(24)22-17(9-12-26-2)20(25)21-16(8-10-23)18-7-4-11-27-18/h3-7,11,13,16-17,23H,8-10,12H2,1-2H3,(H,21,25)(H,22,24)/t16-,17+/m1/s1. The molecule has 0 bridgehead atoms. The van der Waals surface area contributed by atoms with Crippen molar-refractivity contribution in [3.63, 3.8) is 0 Å². The number of carbonyl (C=O) groups is 2. The summed E-state index contributed by atoms with van der Waals surface area (Å²) < 4.78 is 0. The molecule has 1 aromatic heterocycles. The maximum Gasteiger partial charge on any atom is 0.251 e. The lowest BCUT2D eigenvalue weighted by atomic mass is 10.1. The molecule has 0 aliphatic heterocycles. The highest BCUT2D eigenvalue weighted by molar-refractivity contribution is 7.98. The summed E-state index contributed by atoms with van der Waals surface area (Å²) in [6, 6.07) is 10.3. The van der Waals surface area contributed by atoms with Crippen molar-refractivity contribution in [3.8, 4) is 0 Å². The SMILES string of the molecule is CSCC[C@H](NC(=O)c1cccc(C)c1)C(=O)N[C@H](CCO)c1cccs1.